The highest BCUT2D eigenvalue weighted by Gasteiger charge is 2.22. The van der Waals surface area contributed by atoms with Gasteiger partial charge >= 0.3 is 0 Å². The summed E-state index contributed by atoms with van der Waals surface area (Å²) in [5.74, 6) is 0.677. The molecular weight excluding hydrogens is 210 g/mol. The van der Waals surface area contributed by atoms with Crippen LogP contribution in [0.25, 0.3) is 0 Å². The van der Waals surface area contributed by atoms with Crippen molar-refractivity contribution in [1.29, 1.82) is 0 Å². The van der Waals surface area contributed by atoms with E-state index in [0.29, 0.717) is 17.9 Å². The second-order valence-electron chi connectivity index (χ2n) is 5.89. The number of rotatable bonds is 2. The lowest BCUT2D eigenvalue weighted by molar-refractivity contribution is -0.126. The molecule has 98 valence electrons. The van der Waals surface area contributed by atoms with Gasteiger partial charge in [-0.2, -0.15) is 0 Å². The molecule has 2 fully saturated rings. The van der Waals surface area contributed by atoms with E-state index in [1.165, 1.54) is 64.2 Å². The molecule has 2 aliphatic carbocycles. The van der Waals surface area contributed by atoms with Crippen LogP contribution in [0.2, 0.25) is 0 Å². The highest BCUT2D eigenvalue weighted by Crippen LogP contribution is 2.24. The Morgan fingerprint density at radius 1 is 0.706 bits per heavy atom. The summed E-state index contributed by atoms with van der Waals surface area (Å²) in [6, 6.07) is 0.488. The summed E-state index contributed by atoms with van der Waals surface area (Å²) in [5, 5.41) is 3.30. The summed E-state index contributed by atoms with van der Waals surface area (Å²) in [6.45, 7) is 0. The molecule has 0 heterocycles. The van der Waals surface area contributed by atoms with Gasteiger partial charge in [-0.3, -0.25) is 4.79 Å². The fourth-order valence-corrected chi connectivity index (χ4v) is 3.28. The second-order valence-corrected chi connectivity index (χ2v) is 5.89. The first-order valence-electron chi connectivity index (χ1n) is 7.66. The average Bonchev–Trinajstić information content (AvgIpc) is 2.29. The zero-order valence-corrected chi connectivity index (χ0v) is 11.0. The van der Waals surface area contributed by atoms with Gasteiger partial charge in [-0.25, -0.2) is 0 Å². The summed E-state index contributed by atoms with van der Waals surface area (Å²) in [5.41, 5.74) is 0. The topological polar surface area (TPSA) is 29.1 Å². The molecule has 0 unspecified atom stereocenters. The lowest BCUT2D eigenvalue weighted by Crippen LogP contribution is -2.40. The zero-order chi connectivity index (χ0) is 11.9. The summed E-state index contributed by atoms with van der Waals surface area (Å²) >= 11 is 0. The van der Waals surface area contributed by atoms with Gasteiger partial charge in [0.05, 0.1) is 0 Å². The van der Waals surface area contributed by atoms with Crippen LogP contribution < -0.4 is 5.32 Å². The first-order valence-corrected chi connectivity index (χ1v) is 7.66. The third kappa shape index (κ3) is 4.33. The highest BCUT2D eigenvalue weighted by atomic mass is 16.1. The number of hydrogen-bond donors (Lipinski definition) is 1. The van der Waals surface area contributed by atoms with E-state index in [2.05, 4.69) is 5.32 Å². The summed E-state index contributed by atoms with van der Waals surface area (Å²) in [7, 11) is 0. The van der Waals surface area contributed by atoms with Gasteiger partial charge in [-0.1, -0.05) is 51.4 Å². The third-order valence-corrected chi connectivity index (χ3v) is 4.43. The number of amides is 1. The summed E-state index contributed by atoms with van der Waals surface area (Å²) in [6.07, 6.45) is 15.2. The van der Waals surface area contributed by atoms with Crippen LogP contribution in [0.3, 0.4) is 0 Å². The van der Waals surface area contributed by atoms with Gasteiger partial charge in [0, 0.05) is 12.0 Å². The van der Waals surface area contributed by atoms with Gasteiger partial charge in [0.1, 0.15) is 0 Å². The van der Waals surface area contributed by atoms with Crippen molar-refractivity contribution in [3.8, 4) is 0 Å². The smallest absolute Gasteiger partial charge is 0.223 e. The minimum absolute atomic E-state index is 0.317. The molecule has 2 rings (SSSR count). The van der Waals surface area contributed by atoms with Crippen LogP contribution in [-0.2, 0) is 4.79 Å². The van der Waals surface area contributed by atoms with Crippen molar-refractivity contribution in [2.24, 2.45) is 5.92 Å². The van der Waals surface area contributed by atoms with E-state index < -0.39 is 0 Å². The van der Waals surface area contributed by atoms with E-state index in [0.717, 1.165) is 12.8 Å². The molecule has 1 N–H and O–H groups in total. The molecule has 0 radical (unpaired) electrons. The fourth-order valence-electron chi connectivity index (χ4n) is 3.28. The van der Waals surface area contributed by atoms with Crippen LogP contribution in [0, 0.1) is 5.92 Å². The average molecular weight is 237 g/mol. The normalized spacial score (nSPS) is 24.9. The molecule has 0 atom stereocenters. The van der Waals surface area contributed by atoms with Gasteiger partial charge in [0.15, 0.2) is 0 Å². The molecule has 2 heteroatoms. The van der Waals surface area contributed by atoms with E-state index in [1.807, 2.05) is 0 Å². The number of nitrogens with one attached hydrogen (secondary N) is 1. The van der Waals surface area contributed by atoms with Crippen molar-refractivity contribution < 1.29 is 4.79 Å². The van der Waals surface area contributed by atoms with Crippen LogP contribution in [0.4, 0.5) is 0 Å². The molecule has 0 saturated heterocycles. The van der Waals surface area contributed by atoms with E-state index in [-0.39, 0.29) is 0 Å². The molecule has 0 aliphatic heterocycles. The maximum absolute atomic E-state index is 12.2. The Morgan fingerprint density at radius 2 is 1.18 bits per heavy atom. The quantitative estimate of drug-likeness (QED) is 0.777. The van der Waals surface area contributed by atoms with Gasteiger partial charge in [0.2, 0.25) is 5.91 Å². The SMILES string of the molecule is O=C(NC1CCCCC1)C1CCCCCCC1. The lowest BCUT2D eigenvalue weighted by atomic mass is 9.89. The molecule has 0 spiro atoms. The highest BCUT2D eigenvalue weighted by molar-refractivity contribution is 5.78. The monoisotopic (exact) mass is 237 g/mol. The van der Waals surface area contributed by atoms with E-state index in [4.69, 9.17) is 0 Å². The standard InChI is InChI=1S/C15H27NO/c17-15(16-14-11-7-4-8-12-14)13-9-5-2-1-3-6-10-13/h13-14H,1-12H2,(H,16,17). The van der Waals surface area contributed by atoms with Gasteiger partial charge in [-0.15, -0.1) is 0 Å². The second kappa shape index (κ2) is 7.03. The molecule has 2 nitrogen and oxygen atoms in total. The van der Waals surface area contributed by atoms with Gasteiger partial charge in [0.25, 0.3) is 0 Å². The maximum Gasteiger partial charge on any atom is 0.223 e. The molecule has 0 aromatic rings. The van der Waals surface area contributed by atoms with Crippen LogP contribution in [0.15, 0.2) is 0 Å². The van der Waals surface area contributed by atoms with Gasteiger partial charge in [-0.05, 0) is 25.7 Å². The van der Waals surface area contributed by atoms with Crippen molar-refractivity contribution in [3.63, 3.8) is 0 Å². The number of hydrogen-bond acceptors (Lipinski definition) is 1. The molecule has 2 saturated carbocycles. The number of carbonyl (C=O) groups is 1. The first-order chi connectivity index (χ1) is 8.36. The van der Waals surface area contributed by atoms with Crippen LogP contribution in [0.5, 0.6) is 0 Å². The lowest BCUT2D eigenvalue weighted by Gasteiger charge is -2.26. The molecule has 1 amide bonds. The van der Waals surface area contributed by atoms with Crippen molar-refractivity contribution in [3.05, 3.63) is 0 Å². The Balaban J connectivity index is 1.76. The Labute approximate surface area is 106 Å². The van der Waals surface area contributed by atoms with Crippen molar-refractivity contribution in [1.82, 2.24) is 5.32 Å². The van der Waals surface area contributed by atoms with E-state index in [1.54, 1.807) is 0 Å². The molecule has 0 aromatic carbocycles. The third-order valence-electron chi connectivity index (χ3n) is 4.43. The van der Waals surface area contributed by atoms with Crippen LogP contribution in [-0.4, -0.2) is 11.9 Å². The van der Waals surface area contributed by atoms with Gasteiger partial charge < -0.3 is 5.32 Å². The molecule has 0 aromatic heterocycles. The Hall–Kier alpha value is -0.530. The van der Waals surface area contributed by atoms with Crippen molar-refractivity contribution in [2.45, 2.75) is 83.1 Å². The molecule has 0 bridgehead atoms. The maximum atomic E-state index is 12.2. The summed E-state index contributed by atoms with van der Waals surface area (Å²) in [4.78, 5) is 12.2. The molecule has 2 aliphatic rings. The predicted octanol–water partition coefficient (Wildman–Crippen LogP) is 3.80. The Morgan fingerprint density at radius 3 is 1.82 bits per heavy atom. The minimum atomic E-state index is 0.317. The minimum Gasteiger partial charge on any atom is -0.353 e. The molecular formula is C15H27NO. The largest absolute Gasteiger partial charge is 0.353 e. The predicted molar refractivity (Wildman–Crippen MR) is 70.8 cm³/mol. The first kappa shape index (κ1) is 12.9. The van der Waals surface area contributed by atoms with Crippen LogP contribution >= 0.6 is 0 Å². The van der Waals surface area contributed by atoms with Crippen molar-refractivity contribution >= 4 is 5.91 Å². The number of carbonyl (C=O) groups excluding carboxylic acids is 1. The summed E-state index contributed by atoms with van der Waals surface area (Å²) < 4.78 is 0. The fraction of sp³-hybridized carbons (Fsp3) is 0.933. The van der Waals surface area contributed by atoms with Crippen molar-refractivity contribution in [2.75, 3.05) is 0 Å². The Bertz CT molecular complexity index is 225. The zero-order valence-electron chi connectivity index (χ0n) is 11.0. The van der Waals surface area contributed by atoms with E-state index >= 15 is 0 Å². The van der Waals surface area contributed by atoms with E-state index in [9.17, 15) is 4.79 Å². The Kier molecular flexibility index (Phi) is 5.34. The van der Waals surface area contributed by atoms with Crippen LogP contribution in [0.1, 0.15) is 77.0 Å². The molecule has 17 heavy (non-hydrogen) atoms.